The lowest BCUT2D eigenvalue weighted by Crippen LogP contribution is -2.41. The Bertz CT molecular complexity index is 974. The van der Waals surface area contributed by atoms with Gasteiger partial charge in [-0.15, -0.1) is 0 Å². The van der Waals surface area contributed by atoms with Gasteiger partial charge >= 0.3 is 0 Å². The second kappa shape index (κ2) is 9.12. The van der Waals surface area contributed by atoms with E-state index in [1.165, 1.54) is 6.08 Å². The highest BCUT2D eigenvalue weighted by molar-refractivity contribution is 7.91. The number of carbonyl (C=O) groups is 1. The molecule has 1 amide bonds. The van der Waals surface area contributed by atoms with E-state index in [1.807, 2.05) is 30.3 Å². The van der Waals surface area contributed by atoms with Crippen molar-refractivity contribution in [3.05, 3.63) is 75.8 Å². The minimum atomic E-state index is -3.09. The Morgan fingerprint density at radius 2 is 1.89 bits per heavy atom. The van der Waals surface area contributed by atoms with E-state index in [0.717, 1.165) is 5.56 Å². The molecule has 0 aromatic heterocycles. The molecule has 28 heavy (non-hydrogen) atoms. The van der Waals surface area contributed by atoms with Gasteiger partial charge in [-0.3, -0.25) is 4.79 Å². The summed E-state index contributed by atoms with van der Waals surface area (Å²) in [7, 11) is -3.09. The second-order valence-corrected chi connectivity index (χ2v) is 9.90. The lowest BCUT2D eigenvalue weighted by atomic mass is 10.1. The first-order valence-electron chi connectivity index (χ1n) is 9.02. The summed E-state index contributed by atoms with van der Waals surface area (Å²) in [5, 5.41) is 0.977. The average molecular weight is 438 g/mol. The first-order valence-corrected chi connectivity index (χ1v) is 11.6. The summed E-state index contributed by atoms with van der Waals surface area (Å²) in [6.45, 7) is 0.460. The molecule has 1 atom stereocenters. The second-order valence-electron chi connectivity index (χ2n) is 6.82. The number of halogens is 2. The molecule has 0 spiro atoms. The quantitative estimate of drug-likeness (QED) is 0.634. The molecule has 1 aliphatic rings. The molecular weight excluding hydrogens is 417 g/mol. The zero-order valence-corrected chi connectivity index (χ0v) is 17.6. The number of rotatable bonds is 6. The van der Waals surface area contributed by atoms with Crippen LogP contribution in [0.1, 0.15) is 17.5 Å². The Labute approximate surface area is 175 Å². The maximum absolute atomic E-state index is 12.9. The van der Waals surface area contributed by atoms with Crippen molar-refractivity contribution in [1.29, 1.82) is 0 Å². The fourth-order valence-electron chi connectivity index (χ4n) is 3.28. The van der Waals surface area contributed by atoms with Crippen LogP contribution in [0, 0.1) is 0 Å². The van der Waals surface area contributed by atoms with Gasteiger partial charge in [0.25, 0.3) is 0 Å². The van der Waals surface area contributed by atoms with E-state index in [-0.39, 0.29) is 23.5 Å². The Balaban J connectivity index is 1.76. The zero-order chi connectivity index (χ0) is 20.1. The van der Waals surface area contributed by atoms with Crippen LogP contribution in [-0.2, 0) is 21.1 Å². The molecule has 0 saturated carbocycles. The maximum atomic E-state index is 12.9. The third-order valence-corrected chi connectivity index (χ3v) is 7.10. The molecule has 148 valence electrons. The highest BCUT2D eigenvalue weighted by atomic mass is 35.5. The number of carbonyl (C=O) groups excluding carboxylic acids is 1. The molecule has 4 nitrogen and oxygen atoms in total. The van der Waals surface area contributed by atoms with Gasteiger partial charge in [0.2, 0.25) is 5.91 Å². The average Bonchev–Trinajstić information content (AvgIpc) is 3.01. The first-order chi connectivity index (χ1) is 13.3. The summed E-state index contributed by atoms with van der Waals surface area (Å²) in [4.78, 5) is 14.6. The smallest absolute Gasteiger partial charge is 0.246 e. The Hall–Kier alpha value is -1.82. The molecule has 3 rings (SSSR count). The van der Waals surface area contributed by atoms with Gasteiger partial charge in [0.1, 0.15) is 0 Å². The molecule has 0 radical (unpaired) electrons. The lowest BCUT2D eigenvalue weighted by molar-refractivity contribution is -0.127. The zero-order valence-electron chi connectivity index (χ0n) is 15.2. The van der Waals surface area contributed by atoms with Crippen LogP contribution in [0.3, 0.4) is 0 Å². The van der Waals surface area contributed by atoms with Gasteiger partial charge in [-0.2, -0.15) is 0 Å². The first kappa shape index (κ1) is 20.9. The van der Waals surface area contributed by atoms with Gasteiger partial charge in [-0.1, -0.05) is 59.6 Å². The van der Waals surface area contributed by atoms with Crippen molar-refractivity contribution < 1.29 is 13.2 Å². The molecule has 1 fully saturated rings. The van der Waals surface area contributed by atoms with Crippen molar-refractivity contribution in [3.8, 4) is 0 Å². The van der Waals surface area contributed by atoms with E-state index in [2.05, 4.69) is 0 Å². The number of hydrogen-bond acceptors (Lipinski definition) is 3. The summed E-state index contributed by atoms with van der Waals surface area (Å²) >= 11 is 12.1. The SMILES string of the molecule is O=C(/C=C/c1ccc(Cl)cc1Cl)N(CCc1ccccc1)C1CCS(=O)(=O)C1. The standard InChI is InChI=1S/C21H21Cl2NO3S/c22-18-8-6-17(20(23)14-18)7-9-21(25)24(19-11-13-28(26,27)15-19)12-10-16-4-2-1-3-5-16/h1-9,14,19H,10-13,15H2/b9-7+. The Morgan fingerprint density at radius 1 is 1.14 bits per heavy atom. The highest BCUT2D eigenvalue weighted by Gasteiger charge is 2.33. The predicted molar refractivity (Wildman–Crippen MR) is 114 cm³/mol. The Kier molecular flexibility index (Phi) is 6.81. The van der Waals surface area contributed by atoms with E-state index in [4.69, 9.17) is 23.2 Å². The normalized spacial score (nSPS) is 18.4. The van der Waals surface area contributed by atoms with Gasteiger partial charge < -0.3 is 4.90 Å². The van der Waals surface area contributed by atoms with E-state index < -0.39 is 9.84 Å². The Morgan fingerprint density at radius 3 is 2.54 bits per heavy atom. The van der Waals surface area contributed by atoms with Crippen LogP contribution in [0.15, 0.2) is 54.6 Å². The van der Waals surface area contributed by atoms with Gasteiger partial charge in [0, 0.05) is 28.7 Å². The molecule has 7 heteroatoms. The molecule has 1 aliphatic heterocycles. The number of hydrogen-bond donors (Lipinski definition) is 0. The van der Waals surface area contributed by atoms with Crippen molar-refractivity contribution in [2.24, 2.45) is 0 Å². The van der Waals surface area contributed by atoms with E-state index >= 15 is 0 Å². The molecule has 0 aliphatic carbocycles. The molecule has 0 N–H and O–H groups in total. The number of nitrogens with zero attached hydrogens (tertiary/aromatic N) is 1. The maximum Gasteiger partial charge on any atom is 0.246 e. The highest BCUT2D eigenvalue weighted by Crippen LogP contribution is 2.23. The van der Waals surface area contributed by atoms with E-state index in [0.29, 0.717) is 35.0 Å². The third kappa shape index (κ3) is 5.60. The predicted octanol–water partition coefficient (Wildman–Crippen LogP) is 4.27. The molecule has 1 unspecified atom stereocenters. The minimum absolute atomic E-state index is 0.0169. The molecular formula is C21H21Cl2NO3S. The van der Waals surface area contributed by atoms with Crippen molar-refractivity contribution >= 4 is 45.0 Å². The van der Waals surface area contributed by atoms with Crippen LogP contribution >= 0.6 is 23.2 Å². The van der Waals surface area contributed by atoms with Gasteiger partial charge in [0.05, 0.1) is 11.5 Å². The number of sulfone groups is 1. The van der Waals surface area contributed by atoms with E-state index in [1.54, 1.807) is 29.2 Å². The summed E-state index contributed by atoms with van der Waals surface area (Å²) < 4.78 is 23.8. The van der Waals surface area contributed by atoms with E-state index in [9.17, 15) is 13.2 Å². The minimum Gasteiger partial charge on any atom is -0.335 e. The van der Waals surface area contributed by atoms with Crippen molar-refractivity contribution in [3.63, 3.8) is 0 Å². The molecule has 1 saturated heterocycles. The van der Waals surface area contributed by atoms with Crippen LogP contribution < -0.4 is 0 Å². The van der Waals surface area contributed by atoms with Crippen LogP contribution in [0.4, 0.5) is 0 Å². The van der Waals surface area contributed by atoms with Crippen LogP contribution in [0.25, 0.3) is 6.08 Å². The summed E-state index contributed by atoms with van der Waals surface area (Å²) in [5.74, 6) is -0.0770. The summed E-state index contributed by atoms with van der Waals surface area (Å²) in [6.07, 6.45) is 4.22. The van der Waals surface area contributed by atoms with Crippen LogP contribution in [0.5, 0.6) is 0 Å². The molecule has 1 heterocycles. The van der Waals surface area contributed by atoms with Crippen molar-refractivity contribution in [2.45, 2.75) is 18.9 Å². The third-order valence-electron chi connectivity index (χ3n) is 4.78. The van der Waals surface area contributed by atoms with Crippen molar-refractivity contribution in [2.75, 3.05) is 18.1 Å². The molecule has 2 aromatic rings. The summed E-state index contributed by atoms with van der Waals surface area (Å²) in [5.41, 5.74) is 1.78. The summed E-state index contributed by atoms with van der Waals surface area (Å²) in [6, 6.07) is 14.6. The molecule has 2 aromatic carbocycles. The van der Waals surface area contributed by atoms with Gasteiger partial charge in [-0.05, 0) is 42.2 Å². The number of amides is 1. The topological polar surface area (TPSA) is 54.5 Å². The fraction of sp³-hybridized carbons (Fsp3) is 0.286. The van der Waals surface area contributed by atoms with Gasteiger partial charge in [-0.25, -0.2) is 8.42 Å². The fourth-order valence-corrected chi connectivity index (χ4v) is 5.48. The van der Waals surface area contributed by atoms with Gasteiger partial charge in [0.15, 0.2) is 9.84 Å². The number of benzene rings is 2. The monoisotopic (exact) mass is 437 g/mol. The molecule has 0 bridgehead atoms. The van der Waals surface area contributed by atoms with Crippen molar-refractivity contribution in [1.82, 2.24) is 4.90 Å². The van der Waals surface area contributed by atoms with Crippen LogP contribution in [0.2, 0.25) is 10.0 Å². The van der Waals surface area contributed by atoms with Crippen LogP contribution in [-0.4, -0.2) is 43.3 Å². The largest absolute Gasteiger partial charge is 0.335 e. The lowest BCUT2D eigenvalue weighted by Gasteiger charge is -2.27.